The van der Waals surface area contributed by atoms with Crippen LogP contribution in [0.1, 0.15) is 43.7 Å². The zero-order valence-corrected chi connectivity index (χ0v) is 13.4. The number of nitrogens with zero attached hydrogens (tertiary/aromatic N) is 1. The van der Waals surface area contributed by atoms with Crippen LogP contribution in [0.15, 0.2) is 30.3 Å². The molecule has 2 aliphatic rings. The summed E-state index contributed by atoms with van der Waals surface area (Å²) in [6, 6.07) is 9.58. The van der Waals surface area contributed by atoms with Crippen molar-refractivity contribution in [2.45, 2.75) is 44.2 Å². The molecule has 124 valence electrons. The smallest absolute Gasteiger partial charge is 0.225 e. The maximum absolute atomic E-state index is 12.2. The second-order valence-corrected chi connectivity index (χ2v) is 6.66. The molecule has 1 aliphatic heterocycles. The fraction of sp³-hybridized carbons (Fsp3) is 0.556. The summed E-state index contributed by atoms with van der Waals surface area (Å²) < 4.78 is 0. The van der Waals surface area contributed by atoms with Crippen LogP contribution in [0.4, 0.5) is 0 Å². The van der Waals surface area contributed by atoms with Crippen LogP contribution in [-0.2, 0) is 9.59 Å². The summed E-state index contributed by atoms with van der Waals surface area (Å²) in [6.45, 7) is 1.51. The normalized spacial score (nSPS) is 20.1. The van der Waals surface area contributed by atoms with Crippen LogP contribution in [-0.4, -0.2) is 35.8 Å². The summed E-state index contributed by atoms with van der Waals surface area (Å²) in [4.78, 5) is 26.1. The van der Waals surface area contributed by atoms with Crippen LogP contribution in [0.5, 0.6) is 0 Å². The van der Waals surface area contributed by atoms with Crippen LogP contribution in [0.25, 0.3) is 0 Å². The molecule has 0 bridgehead atoms. The number of benzene rings is 1. The van der Waals surface area contributed by atoms with E-state index in [1.165, 1.54) is 0 Å². The van der Waals surface area contributed by atoms with Gasteiger partial charge in [0.25, 0.3) is 0 Å². The van der Waals surface area contributed by atoms with Crippen molar-refractivity contribution in [1.29, 1.82) is 0 Å². The number of hydrogen-bond donors (Lipinski definition) is 2. The number of rotatable bonds is 5. The van der Waals surface area contributed by atoms with Crippen molar-refractivity contribution in [1.82, 2.24) is 10.2 Å². The number of nitrogens with one attached hydrogen (secondary N) is 1. The minimum absolute atomic E-state index is 0.00618. The topological polar surface area (TPSA) is 75.4 Å². The zero-order chi connectivity index (χ0) is 16.2. The predicted molar refractivity (Wildman–Crippen MR) is 88.5 cm³/mol. The van der Waals surface area contributed by atoms with Crippen LogP contribution in [0.3, 0.4) is 0 Å². The van der Waals surface area contributed by atoms with Gasteiger partial charge in [0.1, 0.15) is 0 Å². The molecule has 0 aromatic heterocycles. The van der Waals surface area contributed by atoms with Gasteiger partial charge in [0.2, 0.25) is 11.8 Å². The molecule has 0 radical (unpaired) electrons. The van der Waals surface area contributed by atoms with Crippen molar-refractivity contribution in [2.75, 3.05) is 13.1 Å². The zero-order valence-electron chi connectivity index (χ0n) is 13.4. The van der Waals surface area contributed by atoms with Crippen molar-refractivity contribution in [2.24, 2.45) is 11.7 Å². The lowest BCUT2D eigenvalue weighted by atomic mass is 10.0. The molecule has 23 heavy (non-hydrogen) atoms. The molecule has 2 fully saturated rings. The lowest BCUT2D eigenvalue weighted by molar-refractivity contribution is -0.133. The Labute approximate surface area is 137 Å². The summed E-state index contributed by atoms with van der Waals surface area (Å²) in [5.41, 5.74) is 7.07. The predicted octanol–water partition coefficient (Wildman–Crippen LogP) is 1.59. The first-order chi connectivity index (χ1) is 11.1. The van der Waals surface area contributed by atoms with Gasteiger partial charge in [-0.2, -0.15) is 0 Å². The van der Waals surface area contributed by atoms with E-state index in [1.54, 1.807) is 0 Å². The van der Waals surface area contributed by atoms with Gasteiger partial charge in [-0.3, -0.25) is 9.59 Å². The molecule has 1 heterocycles. The minimum Gasteiger partial charge on any atom is -0.353 e. The number of amides is 2. The van der Waals surface area contributed by atoms with Gasteiger partial charge < -0.3 is 16.0 Å². The maximum atomic E-state index is 12.2. The van der Waals surface area contributed by atoms with Crippen LogP contribution in [0, 0.1) is 5.92 Å². The van der Waals surface area contributed by atoms with Crippen LogP contribution >= 0.6 is 0 Å². The molecule has 3 rings (SSSR count). The highest BCUT2D eigenvalue weighted by Gasteiger charge is 2.35. The lowest BCUT2D eigenvalue weighted by Gasteiger charge is -2.32. The average Bonchev–Trinajstić information content (AvgIpc) is 3.40. The fourth-order valence-electron chi connectivity index (χ4n) is 3.14. The van der Waals surface area contributed by atoms with Crippen molar-refractivity contribution >= 4 is 11.8 Å². The second-order valence-electron chi connectivity index (χ2n) is 6.66. The summed E-state index contributed by atoms with van der Waals surface area (Å²) in [7, 11) is 0. The number of carbonyl (C=O) groups is 2. The minimum atomic E-state index is -0.271. The van der Waals surface area contributed by atoms with Gasteiger partial charge in [0.05, 0.1) is 0 Å². The average molecular weight is 315 g/mol. The highest BCUT2D eigenvalue weighted by molar-refractivity contribution is 5.81. The Morgan fingerprint density at radius 3 is 2.39 bits per heavy atom. The molecule has 1 saturated heterocycles. The summed E-state index contributed by atoms with van der Waals surface area (Å²) in [6.07, 6.45) is 4.07. The third kappa shape index (κ3) is 4.32. The first-order valence-corrected chi connectivity index (χ1v) is 8.52. The summed E-state index contributed by atoms with van der Waals surface area (Å²) in [5, 5.41) is 3.07. The first-order valence-electron chi connectivity index (χ1n) is 8.52. The SMILES string of the molecule is NC(CC(=O)NC1CCN(C(=O)C2CC2)CC1)c1ccccc1. The number of likely N-dealkylation sites (tertiary alicyclic amines) is 1. The number of carbonyl (C=O) groups excluding carboxylic acids is 2. The summed E-state index contributed by atoms with van der Waals surface area (Å²) in [5.74, 6) is 0.583. The van der Waals surface area contributed by atoms with E-state index in [9.17, 15) is 9.59 Å². The Morgan fingerprint density at radius 1 is 1.13 bits per heavy atom. The third-order valence-electron chi connectivity index (χ3n) is 4.73. The first kappa shape index (κ1) is 16.0. The fourth-order valence-corrected chi connectivity index (χ4v) is 3.14. The Kier molecular flexibility index (Phi) is 4.96. The molecule has 1 unspecified atom stereocenters. The molecule has 1 saturated carbocycles. The second kappa shape index (κ2) is 7.13. The molecular weight excluding hydrogens is 290 g/mol. The molecule has 5 heteroatoms. The van der Waals surface area contributed by atoms with E-state index in [-0.39, 0.29) is 23.9 Å². The molecule has 0 spiro atoms. The molecule has 1 atom stereocenters. The Morgan fingerprint density at radius 2 is 1.78 bits per heavy atom. The quantitative estimate of drug-likeness (QED) is 0.866. The van der Waals surface area contributed by atoms with Gasteiger partial charge in [-0.05, 0) is 31.2 Å². The molecule has 1 aromatic carbocycles. The van der Waals surface area contributed by atoms with Crippen molar-refractivity contribution in [3.63, 3.8) is 0 Å². The van der Waals surface area contributed by atoms with Gasteiger partial charge in [0, 0.05) is 37.5 Å². The number of hydrogen-bond acceptors (Lipinski definition) is 3. The van der Waals surface area contributed by atoms with E-state index in [0.29, 0.717) is 12.3 Å². The Balaban J connectivity index is 1.41. The Bertz CT molecular complexity index is 549. The largest absolute Gasteiger partial charge is 0.353 e. The van der Waals surface area contributed by atoms with Gasteiger partial charge in [-0.15, -0.1) is 0 Å². The van der Waals surface area contributed by atoms with E-state index >= 15 is 0 Å². The van der Waals surface area contributed by atoms with E-state index in [4.69, 9.17) is 5.73 Å². The number of piperidine rings is 1. The lowest BCUT2D eigenvalue weighted by Crippen LogP contribution is -2.47. The van der Waals surface area contributed by atoms with E-state index in [0.717, 1.165) is 44.3 Å². The maximum Gasteiger partial charge on any atom is 0.225 e. The molecular formula is C18H25N3O2. The molecule has 1 aliphatic carbocycles. The number of nitrogens with two attached hydrogens (primary N) is 1. The van der Waals surface area contributed by atoms with Crippen molar-refractivity contribution in [3.05, 3.63) is 35.9 Å². The Hall–Kier alpha value is -1.88. The molecule has 1 aromatic rings. The molecule has 5 nitrogen and oxygen atoms in total. The van der Waals surface area contributed by atoms with E-state index < -0.39 is 0 Å². The highest BCUT2D eigenvalue weighted by atomic mass is 16.2. The third-order valence-corrected chi connectivity index (χ3v) is 4.73. The highest BCUT2D eigenvalue weighted by Crippen LogP contribution is 2.31. The summed E-state index contributed by atoms with van der Waals surface area (Å²) >= 11 is 0. The standard InChI is InChI=1S/C18H25N3O2/c19-16(13-4-2-1-3-5-13)12-17(22)20-15-8-10-21(11-9-15)18(23)14-6-7-14/h1-5,14-16H,6-12,19H2,(H,20,22). The van der Waals surface area contributed by atoms with Crippen molar-refractivity contribution in [3.8, 4) is 0 Å². The van der Waals surface area contributed by atoms with Crippen LogP contribution in [0.2, 0.25) is 0 Å². The van der Waals surface area contributed by atoms with E-state index in [1.807, 2.05) is 35.2 Å². The monoisotopic (exact) mass is 315 g/mol. The van der Waals surface area contributed by atoms with Gasteiger partial charge in [0.15, 0.2) is 0 Å². The van der Waals surface area contributed by atoms with Crippen molar-refractivity contribution < 1.29 is 9.59 Å². The van der Waals surface area contributed by atoms with Gasteiger partial charge in [-0.25, -0.2) is 0 Å². The molecule has 2 amide bonds. The molecule has 3 N–H and O–H groups in total. The van der Waals surface area contributed by atoms with Gasteiger partial charge in [-0.1, -0.05) is 30.3 Å². The van der Waals surface area contributed by atoms with Gasteiger partial charge >= 0.3 is 0 Å². The van der Waals surface area contributed by atoms with E-state index in [2.05, 4.69) is 5.32 Å². The van der Waals surface area contributed by atoms with Crippen LogP contribution < -0.4 is 11.1 Å².